The number of ether oxygens (including phenoxy) is 2. The van der Waals surface area contributed by atoms with E-state index in [4.69, 9.17) is 14.6 Å². The van der Waals surface area contributed by atoms with Gasteiger partial charge in [-0.2, -0.15) is 0 Å². The zero-order chi connectivity index (χ0) is 13.5. The van der Waals surface area contributed by atoms with Gasteiger partial charge in [-0.15, -0.1) is 0 Å². The molecule has 0 atom stereocenters. The maximum absolute atomic E-state index is 10.6. The maximum Gasteiger partial charge on any atom is 0.328 e. The summed E-state index contributed by atoms with van der Waals surface area (Å²) in [6.45, 7) is 2.02. The fourth-order valence-electron chi connectivity index (χ4n) is 2.04. The quantitative estimate of drug-likeness (QED) is 0.828. The normalized spacial score (nSPS) is 16.8. The zero-order valence-corrected chi connectivity index (χ0v) is 10.7. The maximum atomic E-state index is 10.6. The van der Waals surface area contributed by atoms with Crippen LogP contribution in [0, 0.1) is 0 Å². The van der Waals surface area contributed by atoms with E-state index in [-0.39, 0.29) is 6.10 Å². The third-order valence-electron chi connectivity index (χ3n) is 3.10. The Hall–Kier alpha value is -1.65. The summed E-state index contributed by atoms with van der Waals surface area (Å²) in [5.74, 6) is -0.944. The minimum atomic E-state index is -0.944. The van der Waals surface area contributed by atoms with E-state index in [2.05, 4.69) is 0 Å². The standard InChI is InChI=1S/C15H18O4/c16-15(17)6-5-12-3-1-2-4-13(12)11-19-14-7-9-18-10-8-14/h1-6,14H,7-11H2,(H,16,17)/b6-5+. The number of hydrogen-bond donors (Lipinski definition) is 1. The van der Waals surface area contributed by atoms with E-state index in [0.29, 0.717) is 6.61 Å². The van der Waals surface area contributed by atoms with Crippen LogP contribution in [0.15, 0.2) is 30.3 Å². The summed E-state index contributed by atoms with van der Waals surface area (Å²) < 4.78 is 11.1. The third kappa shape index (κ3) is 4.50. The van der Waals surface area contributed by atoms with Gasteiger partial charge in [0.15, 0.2) is 0 Å². The SMILES string of the molecule is O=C(O)/C=C/c1ccccc1COC1CCOCC1. The third-order valence-corrected chi connectivity index (χ3v) is 3.10. The van der Waals surface area contributed by atoms with E-state index < -0.39 is 5.97 Å². The molecule has 102 valence electrons. The summed E-state index contributed by atoms with van der Waals surface area (Å²) in [6, 6.07) is 7.67. The fourth-order valence-corrected chi connectivity index (χ4v) is 2.04. The van der Waals surface area contributed by atoms with Gasteiger partial charge in [0.1, 0.15) is 0 Å². The van der Waals surface area contributed by atoms with Crippen LogP contribution < -0.4 is 0 Å². The van der Waals surface area contributed by atoms with Gasteiger partial charge in [0.25, 0.3) is 0 Å². The Balaban J connectivity index is 1.96. The van der Waals surface area contributed by atoms with Crippen molar-refractivity contribution in [2.45, 2.75) is 25.6 Å². The van der Waals surface area contributed by atoms with Crippen LogP contribution in [-0.4, -0.2) is 30.4 Å². The minimum Gasteiger partial charge on any atom is -0.478 e. The van der Waals surface area contributed by atoms with Crippen molar-refractivity contribution in [3.8, 4) is 0 Å². The van der Waals surface area contributed by atoms with Gasteiger partial charge in [0, 0.05) is 19.3 Å². The molecule has 0 saturated carbocycles. The number of aliphatic carboxylic acids is 1. The van der Waals surface area contributed by atoms with Crippen LogP contribution in [0.3, 0.4) is 0 Å². The smallest absolute Gasteiger partial charge is 0.328 e. The van der Waals surface area contributed by atoms with E-state index in [1.807, 2.05) is 24.3 Å². The molecule has 4 nitrogen and oxygen atoms in total. The van der Waals surface area contributed by atoms with Crippen molar-refractivity contribution >= 4 is 12.0 Å². The summed E-state index contributed by atoms with van der Waals surface area (Å²) >= 11 is 0. The van der Waals surface area contributed by atoms with Crippen LogP contribution in [0.2, 0.25) is 0 Å². The molecule has 0 amide bonds. The van der Waals surface area contributed by atoms with Crippen molar-refractivity contribution in [2.75, 3.05) is 13.2 Å². The summed E-state index contributed by atoms with van der Waals surface area (Å²) in [4.78, 5) is 10.6. The van der Waals surface area contributed by atoms with Crippen molar-refractivity contribution in [1.29, 1.82) is 0 Å². The van der Waals surface area contributed by atoms with Crippen molar-refractivity contribution < 1.29 is 19.4 Å². The van der Waals surface area contributed by atoms with Gasteiger partial charge in [-0.05, 0) is 30.0 Å². The van der Waals surface area contributed by atoms with E-state index in [0.717, 1.165) is 43.3 Å². The van der Waals surface area contributed by atoms with Crippen molar-refractivity contribution in [2.24, 2.45) is 0 Å². The Morgan fingerprint density at radius 3 is 2.84 bits per heavy atom. The van der Waals surface area contributed by atoms with E-state index >= 15 is 0 Å². The van der Waals surface area contributed by atoms with Crippen LogP contribution in [0.4, 0.5) is 0 Å². The van der Waals surface area contributed by atoms with Gasteiger partial charge in [0.05, 0.1) is 12.7 Å². The van der Waals surface area contributed by atoms with Crippen molar-refractivity contribution in [3.05, 3.63) is 41.5 Å². The first-order valence-electron chi connectivity index (χ1n) is 6.44. The monoisotopic (exact) mass is 262 g/mol. The summed E-state index contributed by atoms with van der Waals surface area (Å²) in [7, 11) is 0. The molecule has 1 aromatic rings. The molecule has 1 aliphatic heterocycles. The molecule has 2 rings (SSSR count). The van der Waals surface area contributed by atoms with Gasteiger partial charge >= 0.3 is 5.97 Å². The van der Waals surface area contributed by atoms with Crippen LogP contribution in [-0.2, 0) is 20.9 Å². The molecule has 1 saturated heterocycles. The molecule has 1 N–H and O–H groups in total. The predicted octanol–water partition coefficient (Wildman–Crippen LogP) is 2.48. The van der Waals surface area contributed by atoms with E-state index in [1.54, 1.807) is 6.08 Å². The van der Waals surface area contributed by atoms with Crippen LogP contribution in [0.1, 0.15) is 24.0 Å². The lowest BCUT2D eigenvalue weighted by atomic mass is 10.1. The lowest BCUT2D eigenvalue weighted by Crippen LogP contribution is -2.23. The number of carbonyl (C=O) groups is 1. The first kappa shape index (κ1) is 13.8. The summed E-state index contributed by atoms with van der Waals surface area (Å²) in [5, 5.41) is 8.67. The Kier molecular flexibility index (Phi) is 5.12. The molecular weight excluding hydrogens is 244 g/mol. The van der Waals surface area contributed by atoms with Gasteiger partial charge in [0.2, 0.25) is 0 Å². The molecule has 0 aromatic heterocycles. The lowest BCUT2D eigenvalue weighted by Gasteiger charge is -2.22. The Morgan fingerprint density at radius 1 is 1.37 bits per heavy atom. The molecule has 0 aliphatic carbocycles. The molecule has 1 aromatic carbocycles. The first-order chi connectivity index (χ1) is 9.25. The predicted molar refractivity (Wildman–Crippen MR) is 71.7 cm³/mol. The summed E-state index contributed by atoms with van der Waals surface area (Å²) in [5.41, 5.74) is 1.89. The van der Waals surface area contributed by atoms with Crippen molar-refractivity contribution in [1.82, 2.24) is 0 Å². The van der Waals surface area contributed by atoms with Gasteiger partial charge in [-0.1, -0.05) is 24.3 Å². The lowest BCUT2D eigenvalue weighted by molar-refractivity contribution is -0.131. The van der Waals surface area contributed by atoms with Crippen LogP contribution in [0.25, 0.3) is 6.08 Å². The zero-order valence-electron chi connectivity index (χ0n) is 10.7. The second-order valence-electron chi connectivity index (χ2n) is 4.49. The molecule has 0 radical (unpaired) electrons. The van der Waals surface area contributed by atoms with Gasteiger partial charge < -0.3 is 14.6 Å². The van der Waals surface area contributed by atoms with E-state index in [9.17, 15) is 4.79 Å². The number of benzene rings is 1. The molecule has 4 heteroatoms. The number of carboxylic acid groups (broad SMARTS) is 1. The van der Waals surface area contributed by atoms with Gasteiger partial charge in [-0.25, -0.2) is 4.79 Å². The summed E-state index contributed by atoms with van der Waals surface area (Å²) in [6.07, 6.45) is 4.84. The highest BCUT2D eigenvalue weighted by atomic mass is 16.5. The Bertz CT molecular complexity index is 447. The Morgan fingerprint density at radius 2 is 2.11 bits per heavy atom. The molecular formula is C15H18O4. The molecule has 19 heavy (non-hydrogen) atoms. The topological polar surface area (TPSA) is 55.8 Å². The number of rotatable bonds is 5. The highest BCUT2D eigenvalue weighted by Gasteiger charge is 2.14. The second-order valence-corrected chi connectivity index (χ2v) is 4.49. The van der Waals surface area contributed by atoms with Crippen LogP contribution in [0.5, 0.6) is 0 Å². The molecule has 0 spiro atoms. The number of carboxylic acids is 1. The molecule has 0 unspecified atom stereocenters. The molecule has 1 fully saturated rings. The molecule has 1 aliphatic rings. The van der Waals surface area contributed by atoms with Crippen LogP contribution >= 0.6 is 0 Å². The largest absolute Gasteiger partial charge is 0.478 e. The molecule has 0 bridgehead atoms. The number of hydrogen-bond acceptors (Lipinski definition) is 3. The van der Waals surface area contributed by atoms with E-state index in [1.165, 1.54) is 0 Å². The highest BCUT2D eigenvalue weighted by molar-refractivity contribution is 5.85. The minimum absolute atomic E-state index is 0.241. The molecule has 1 heterocycles. The van der Waals surface area contributed by atoms with Crippen molar-refractivity contribution in [3.63, 3.8) is 0 Å². The fraction of sp³-hybridized carbons (Fsp3) is 0.400. The van der Waals surface area contributed by atoms with Gasteiger partial charge in [-0.3, -0.25) is 0 Å². The Labute approximate surface area is 112 Å². The average Bonchev–Trinajstić information content (AvgIpc) is 2.45. The second kappa shape index (κ2) is 7.07. The highest BCUT2D eigenvalue weighted by Crippen LogP contribution is 2.16. The average molecular weight is 262 g/mol. The first-order valence-corrected chi connectivity index (χ1v) is 6.44.